The molecule has 4 rings (SSSR count). The van der Waals surface area contributed by atoms with Crippen LogP contribution in [-0.2, 0) is 4.74 Å². The first-order valence-corrected chi connectivity index (χ1v) is 14.6. The summed E-state index contributed by atoms with van der Waals surface area (Å²) >= 11 is 0. The summed E-state index contributed by atoms with van der Waals surface area (Å²) < 4.78 is 10.8. The fraction of sp³-hybridized carbons (Fsp3) is 0.424. The molecule has 0 spiro atoms. The van der Waals surface area contributed by atoms with E-state index in [1.165, 1.54) is 11.3 Å². The zero-order chi connectivity index (χ0) is 30.3. The molecule has 1 aliphatic heterocycles. The standard InChI is InChI=1S/C33H42N4O5/c1-23-10-6-7-11-27(23)36-18-20-37(21-19-36)28-15-14-25(22-26(28)35-31(39)30-16-13-24(2)41-30)29(38)12-8-9-17-34-32(40)42-33(3,4)5/h6-7,10-11,13-16,22H,8-9,12,17-21H2,1-5H3,(H,34,40)(H,35,39). The highest BCUT2D eigenvalue weighted by Crippen LogP contribution is 2.31. The predicted octanol–water partition coefficient (Wildman–Crippen LogP) is 6.35. The first kappa shape index (κ1) is 30.7. The van der Waals surface area contributed by atoms with E-state index in [0.29, 0.717) is 42.8 Å². The number of ether oxygens (including phenoxy) is 1. The van der Waals surface area contributed by atoms with Gasteiger partial charge in [0.15, 0.2) is 11.5 Å². The second-order valence-electron chi connectivity index (χ2n) is 11.7. The van der Waals surface area contributed by atoms with Crippen LogP contribution in [0.3, 0.4) is 0 Å². The minimum atomic E-state index is -0.552. The van der Waals surface area contributed by atoms with E-state index in [9.17, 15) is 14.4 Å². The third kappa shape index (κ3) is 8.38. The molecule has 224 valence electrons. The number of rotatable bonds is 10. The molecule has 0 unspecified atom stereocenters. The molecule has 2 heterocycles. The number of hydrogen-bond donors (Lipinski definition) is 2. The number of carbonyl (C=O) groups is 3. The molecule has 1 aliphatic rings. The van der Waals surface area contributed by atoms with Gasteiger partial charge in [-0.1, -0.05) is 18.2 Å². The molecule has 0 saturated carbocycles. The van der Waals surface area contributed by atoms with Crippen molar-refractivity contribution in [2.45, 2.75) is 59.5 Å². The number of hydrogen-bond acceptors (Lipinski definition) is 7. The van der Waals surface area contributed by atoms with E-state index < -0.39 is 11.7 Å². The van der Waals surface area contributed by atoms with Gasteiger partial charge in [-0.05, 0) is 89.4 Å². The molecule has 0 bridgehead atoms. The maximum atomic E-state index is 13.1. The topological polar surface area (TPSA) is 104 Å². The Hall–Kier alpha value is -4.27. The summed E-state index contributed by atoms with van der Waals surface area (Å²) in [5.74, 6) is 0.489. The van der Waals surface area contributed by atoms with Crippen molar-refractivity contribution < 1.29 is 23.5 Å². The molecule has 1 saturated heterocycles. The number of unbranched alkanes of at least 4 members (excludes halogenated alkanes) is 1. The first-order valence-electron chi connectivity index (χ1n) is 14.6. The van der Waals surface area contributed by atoms with Crippen molar-refractivity contribution in [2.75, 3.05) is 47.8 Å². The van der Waals surface area contributed by atoms with Gasteiger partial charge < -0.3 is 29.6 Å². The Balaban J connectivity index is 1.42. The number of benzene rings is 2. The average molecular weight is 575 g/mol. The molecule has 2 amide bonds. The van der Waals surface area contributed by atoms with Crippen molar-refractivity contribution in [2.24, 2.45) is 0 Å². The smallest absolute Gasteiger partial charge is 0.407 e. The number of amides is 2. The summed E-state index contributed by atoms with van der Waals surface area (Å²) in [7, 11) is 0. The molecule has 9 nitrogen and oxygen atoms in total. The number of ketones is 1. The van der Waals surface area contributed by atoms with Gasteiger partial charge in [-0.25, -0.2) is 4.79 Å². The summed E-state index contributed by atoms with van der Waals surface area (Å²) in [4.78, 5) is 42.6. The minimum Gasteiger partial charge on any atom is -0.456 e. The zero-order valence-electron chi connectivity index (χ0n) is 25.3. The van der Waals surface area contributed by atoms with E-state index in [-0.39, 0.29) is 17.5 Å². The molecule has 9 heteroatoms. The van der Waals surface area contributed by atoms with Gasteiger partial charge >= 0.3 is 6.09 Å². The lowest BCUT2D eigenvalue weighted by molar-refractivity contribution is 0.0527. The summed E-state index contributed by atoms with van der Waals surface area (Å²) in [5.41, 5.74) is 3.91. The number of nitrogens with one attached hydrogen (secondary N) is 2. The van der Waals surface area contributed by atoms with E-state index in [1.807, 2.05) is 39.0 Å². The zero-order valence-corrected chi connectivity index (χ0v) is 25.3. The second-order valence-corrected chi connectivity index (χ2v) is 11.7. The lowest BCUT2D eigenvalue weighted by Crippen LogP contribution is -2.47. The minimum absolute atomic E-state index is 0.0208. The van der Waals surface area contributed by atoms with E-state index in [0.717, 1.165) is 31.9 Å². The molecule has 1 aromatic heterocycles. The largest absolute Gasteiger partial charge is 0.456 e. The Morgan fingerprint density at radius 1 is 0.881 bits per heavy atom. The number of carbonyl (C=O) groups excluding carboxylic acids is 3. The van der Waals surface area contributed by atoms with Crippen molar-refractivity contribution in [3.05, 3.63) is 77.2 Å². The predicted molar refractivity (Wildman–Crippen MR) is 166 cm³/mol. The fourth-order valence-electron chi connectivity index (χ4n) is 4.99. The van der Waals surface area contributed by atoms with E-state index >= 15 is 0 Å². The molecular weight excluding hydrogens is 532 g/mol. The van der Waals surface area contributed by atoms with Crippen molar-refractivity contribution >= 4 is 34.8 Å². The third-order valence-corrected chi connectivity index (χ3v) is 7.11. The number of alkyl carbamates (subject to hydrolysis) is 1. The maximum absolute atomic E-state index is 13.1. The summed E-state index contributed by atoms with van der Waals surface area (Å²) in [6.07, 6.45) is 1.13. The van der Waals surface area contributed by atoms with Crippen molar-refractivity contribution in [1.29, 1.82) is 0 Å². The quantitative estimate of drug-likeness (QED) is 0.215. The maximum Gasteiger partial charge on any atom is 0.407 e. The number of Topliss-reactive ketones (excluding diaryl/α,β-unsaturated/α-hetero) is 1. The molecule has 1 fully saturated rings. The normalized spacial score (nSPS) is 13.5. The number of anilines is 3. The molecule has 3 aromatic rings. The molecule has 42 heavy (non-hydrogen) atoms. The summed E-state index contributed by atoms with van der Waals surface area (Å²) in [6.45, 7) is 13.0. The van der Waals surface area contributed by atoms with Gasteiger partial charge in [0.2, 0.25) is 0 Å². The number of nitrogens with zero attached hydrogens (tertiary/aromatic N) is 2. The highest BCUT2D eigenvalue weighted by Gasteiger charge is 2.23. The molecule has 0 atom stereocenters. The Bertz CT molecular complexity index is 1400. The number of furan rings is 1. The molecular formula is C33H42N4O5. The van der Waals surface area contributed by atoms with Gasteiger partial charge in [0.25, 0.3) is 5.91 Å². The Morgan fingerprint density at radius 3 is 2.21 bits per heavy atom. The van der Waals surface area contributed by atoms with Gasteiger partial charge in [-0.3, -0.25) is 9.59 Å². The third-order valence-electron chi connectivity index (χ3n) is 7.11. The Morgan fingerprint density at radius 2 is 1.57 bits per heavy atom. The van der Waals surface area contributed by atoms with Gasteiger partial charge in [-0.2, -0.15) is 0 Å². The van der Waals surface area contributed by atoms with Crippen molar-refractivity contribution in [1.82, 2.24) is 5.32 Å². The van der Waals surface area contributed by atoms with E-state index in [1.54, 1.807) is 25.1 Å². The summed E-state index contributed by atoms with van der Waals surface area (Å²) in [6, 6.07) is 17.3. The van der Waals surface area contributed by atoms with Crippen LogP contribution in [0.4, 0.5) is 21.9 Å². The van der Waals surface area contributed by atoms with Crippen molar-refractivity contribution in [3.8, 4) is 0 Å². The molecule has 2 N–H and O–H groups in total. The van der Waals surface area contributed by atoms with Crippen LogP contribution in [0.1, 0.15) is 72.3 Å². The fourth-order valence-corrected chi connectivity index (χ4v) is 4.99. The molecule has 0 radical (unpaired) electrons. The van der Waals surface area contributed by atoms with Crippen LogP contribution >= 0.6 is 0 Å². The van der Waals surface area contributed by atoms with E-state index in [4.69, 9.17) is 9.15 Å². The first-order chi connectivity index (χ1) is 20.0. The number of para-hydroxylation sites is 1. The van der Waals surface area contributed by atoms with Gasteiger partial charge in [0.1, 0.15) is 11.4 Å². The van der Waals surface area contributed by atoms with Crippen LogP contribution in [0.15, 0.2) is 59.0 Å². The number of aryl methyl sites for hydroxylation is 2. The molecule has 0 aliphatic carbocycles. The SMILES string of the molecule is Cc1ccc(C(=O)Nc2cc(C(=O)CCCCNC(=O)OC(C)(C)C)ccc2N2CCN(c3ccccc3C)CC2)o1. The lowest BCUT2D eigenvalue weighted by Gasteiger charge is -2.38. The second kappa shape index (κ2) is 13.6. The van der Waals surface area contributed by atoms with Crippen LogP contribution in [0.2, 0.25) is 0 Å². The number of piperazine rings is 1. The monoisotopic (exact) mass is 574 g/mol. The van der Waals surface area contributed by atoms with E-state index in [2.05, 4.69) is 45.6 Å². The van der Waals surface area contributed by atoms with Gasteiger partial charge in [0, 0.05) is 50.4 Å². The van der Waals surface area contributed by atoms with Crippen LogP contribution in [-0.4, -0.2) is 56.1 Å². The Kier molecular flexibility index (Phi) is 9.93. The molecule has 2 aromatic carbocycles. The van der Waals surface area contributed by atoms with Crippen LogP contribution in [0, 0.1) is 13.8 Å². The lowest BCUT2D eigenvalue weighted by atomic mass is 10.0. The highest BCUT2D eigenvalue weighted by atomic mass is 16.6. The van der Waals surface area contributed by atoms with Crippen LogP contribution in [0.5, 0.6) is 0 Å². The van der Waals surface area contributed by atoms with Crippen LogP contribution in [0.25, 0.3) is 0 Å². The highest BCUT2D eigenvalue weighted by molar-refractivity contribution is 6.06. The average Bonchev–Trinajstić information content (AvgIpc) is 3.38. The van der Waals surface area contributed by atoms with Gasteiger partial charge in [0.05, 0.1) is 11.4 Å². The van der Waals surface area contributed by atoms with Crippen molar-refractivity contribution in [3.63, 3.8) is 0 Å². The Labute approximate surface area is 248 Å². The van der Waals surface area contributed by atoms with Crippen LogP contribution < -0.4 is 20.4 Å². The summed E-state index contributed by atoms with van der Waals surface area (Å²) in [5, 5.41) is 5.71. The van der Waals surface area contributed by atoms with Gasteiger partial charge in [-0.15, -0.1) is 0 Å².